The lowest BCUT2D eigenvalue weighted by Gasteiger charge is -2.39. The summed E-state index contributed by atoms with van der Waals surface area (Å²) in [5, 5.41) is 15.9. The van der Waals surface area contributed by atoms with Gasteiger partial charge in [0.25, 0.3) is 0 Å². The number of amides is 1. The second-order valence-corrected chi connectivity index (χ2v) is 5.83. The van der Waals surface area contributed by atoms with Gasteiger partial charge in [-0.05, 0) is 45.1 Å². The molecule has 1 amide bonds. The van der Waals surface area contributed by atoms with Crippen molar-refractivity contribution in [1.29, 1.82) is 0 Å². The van der Waals surface area contributed by atoms with Gasteiger partial charge in [0.1, 0.15) is 0 Å². The standard InChI is InChI=1S/C14H28N2O2/c1-4-15-12(3)9-13(18)16-14(10-17)7-5-11(2)6-8-14/h11-12,15,17H,4-10H2,1-3H3,(H,16,18). The Morgan fingerprint density at radius 1 is 1.44 bits per heavy atom. The molecule has 0 saturated heterocycles. The minimum absolute atomic E-state index is 0.0482. The topological polar surface area (TPSA) is 61.4 Å². The summed E-state index contributed by atoms with van der Waals surface area (Å²) in [6.45, 7) is 7.21. The zero-order valence-corrected chi connectivity index (χ0v) is 12.0. The number of rotatable bonds is 6. The molecule has 0 aliphatic heterocycles. The molecule has 106 valence electrons. The summed E-state index contributed by atoms with van der Waals surface area (Å²) in [5.74, 6) is 0.759. The summed E-state index contributed by atoms with van der Waals surface area (Å²) in [7, 11) is 0. The Balaban J connectivity index is 2.45. The Hall–Kier alpha value is -0.610. The van der Waals surface area contributed by atoms with E-state index < -0.39 is 0 Å². The van der Waals surface area contributed by atoms with Crippen LogP contribution in [-0.4, -0.2) is 35.7 Å². The molecule has 1 aliphatic carbocycles. The van der Waals surface area contributed by atoms with Crippen molar-refractivity contribution in [3.05, 3.63) is 0 Å². The Morgan fingerprint density at radius 3 is 2.56 bits per heavy atom. The largest absolute Gasteiger partial charge is 0.394 e. The molecule has 18 heavy (non-hydrogen) atoms. The van der Waals surface area contributed by atoms with Crippen LogP contribution in [0.5, 0.6) is 0 Å². The van der Waals surface area contributed by atoms with E-state index in [1.807, 2.05) is 13.8 Å². The highest BCUT2D eigenvalue weighted by atomic mass is 16.3. The van der Waals surface area contributed by atoms with Crippen LogP contribution >= 0.6 is 0 Å². The van der Waals surface area contributed by atoms with Crippen molar-refractivity contribution in [3.8, 4) is 0 Å². The minimum atomic E-state index is -0.366. The summed E-state index contributed by atoms with van der Waals surface area (Å²) in [4.78, 5) is 12.0. The molecule has 1 aliphatic rings. The molecule has 4 heteroatoms. The van der Waals surface area contributed by atoms with E-state index in [9.17, 15) is 9.90 Å². The van der Waals surface area contributed by atoms with Crippen LogP contribution in [-0.2, 0) is 4.79 Å². The van der Waals surface area contributed by atoms with E-state index in [2.05, 4.69) is 17.6 Å². The predicted octanol–water partition coefficient (Wildman–Crippen LogP) is 1.43. The van der Waals surface area contributed by atoms with Gasteiger partial charge < -0.3 is 15.7 Å². The summed E-state index contributed by atoms with van der Waals surface area (Å²) < 4.78 is 0. The van der Waals surface area contributed by atoms with E-state index in [0.29, 0.717) is 12.3 Å². The van der Waals surface area contributed by atoms with Gasteiger partial charge in [-0.3, -0.25) is 4.79 Å². The number of carbonyl (C=O) groups is 1. The van der Waals surface area contributed by atoms with Gasteiger partial charge in [0.2, 0.25) is 5.91 Å². The van der Waals surface area contributed by atoms with Crippen molar-refractivity contribution in [2.75, 3.05) is 13.2 Å². The molecule has 1 fully saturated rings. The zero-order chi connectivity index (χ0) is 13.6. The Bertz CT molecular complexity index is 261. The molecular formula is C14H28N2O2. The molecule has 1 rings (SSSR count). The Kier molecular flexibility index (Phi) is 6.09. The molecule has 1 unspecified atom stereocenters. The molecule has 0 aromatic carbocycles. The third-order valence-corrected chi connectivity index (χ3v) is 3.98. The van der Waals surface area contributed by atoms with Crippen molar-refractivity contribution < 1.29 is 9.90 Å². The third-order valence-electron chi connectivity index (χ3n) is 3.98. The molecule has 3 N–H and O–H groups in total. The van der Waals surface area contributed by atoms with Crippen LogP contribution in [0.4, 0.5) is 0 Å². The maximum atomic E-state index is 12.0. The highest BCUT2D eigenvalue weighted by molar-refractivity contribution is 5.77. The fourth-order valence-corrected chi connectivity index (χ4v) is 2.68. The van der Waals surface area contributed by atoms with E-state index in [4.69, 9.17) is 0 Å². The van der Waals surface area contributed by atoms with Gasteiger partial charge in [0.15, 0.2) is 0 Å². The van der Waals surface area contributed by atoms with Crippen LogP contribution in [0.1, 0.15) is 52.9 Å². The predicted molar refractivity (Wildman–Crippen MR) is 73.3 cm³/mol. The third kappa shape index (κ3) is 4.58. The average molecular weight is 256 g/mol. The van der Waals surface area contributed by atoms with Gasteiger partial charge >= 0.3 is 0 Å². The molecule has 1 atom stereocenters. The maximum Gasteiger partial charge on any atom is 0.222 e. The summed E-state index contributed by atoms with van der Waals surface area (Å²) in [6.07, 6.45) is 4.44. The maximum absolute atomic E-state index is 12.0. The Labute approximate surface area is 111 Å². The minimum Gasteiger partial charge on any atom is -0.394 e. The SMILES string of the molecule is CCNC(C)CC(=O)NC1(CO)CCC(C)CC1. The molecule has 1 saturated carbocycles. The molecule has 0 spiro atoms. The monoisotopic (exact) mass is 256 g/mol. The van der Waals surface area contributed by atoms with Gasteiger partial charge in [-0.2, -0.15) is 0 Å². The molecule has 0 bridgehead atoms. The lowest BCUT2D eigenvalue weighted by Crippen LogP contribution is -2.54. The van der Waals surface area contributed by atoms with E-state index in [1.165, 1.54) is 0 Å². The van der Waals surface area contributed by atoms with Gasteiger partial charge in [-0.25, -0.2) is 0 Å². The van der Waals surface area contributed by atoms with Crippen molar-refractivity contribution >= 4 is 5.91 Å². The first-order valence-electron chi connectivity index (χ1n) is 7.16. The number of hydrogen-bond acceptors (Lipinski definition) is 3. The fourth-order valence-electron chi connectivity index (χ4n) is 2.68. The van der Waals surface area contributed by atoms with E-state index >= 15 is 0 Å². The average Bonchev–Trinajstić information content (AvgIpc) is 2.32. The number of aliphatic hydroxyl groups is 1. The summed E-state index contributed by atoms with van der Waals surface area (Å²) >= 11 is 0. The second-order valence-electron chi connectivity index (χ2n) is 5.83. The Morgan fingerprint density at radius 2 is 2.06 bits per heavy atom. The van der Waals surface area contributed by atoms with Crippen LogP contribution in [0.15, 0.2) is 0 Å². The first-order valence-corrected chi connectivity index (χ1v) is 7.16. The second kappa shape index (κ2) is 7.10. The van der Waals surface area contributed by atoms with Crippen LogP contribution in [0, 0.1) is 5.92 Å². The van der Waals surface area contributed by atoms with Crippen molar-refractivity contribution in [2.24, 2.45) is 5.92 Å². The quantitative estimate of drug-likeness (QED) is 0.674. The van der Waals surface area contributed by atoms with Crippen molar-refractivity contribution in [1.82, 2.24) is 10.6 Å². The van der Waals surface area contributed by atoms with E-state index in [0.717, 1.165) is 32.2 Å². The lowest BCUT2D eigenvalue weighted by molar-refractivity contribution is -0.124. The molecule has 0 heterocycles. The number of nitrogens with one attached hydrogen (secondary N) is 2. The van der Waals surface area contributed by atoms with Crippen LogP contribution in [0.3, 0.4) is 0 Å². The van der Waals surface area contributed by atoms with Crippen molar-refractivity contribution in [2.45, 2.75) is 64.5 Å². The van der Waals surface area contributed by atoms with Gasteiger partial charge in [-0.1, -0.05) is 13.8 Å². The highest BCUT2D eigenvalue weighted by Gasteiger charge is 2.34. The number of aliphatic hydroxyl groups excluding tert-OH is 1. The number of carbonyl (C=O) groups excluding carboxylic acids is 1. The van der Waals surface area contributed by atoms with Crippen LogP contribution in [0.25, 0.3) is 0 Å². The lowest BCUT2D eigenvalue weighted by atomic mass is 9.77. The van der Waals surface area contributed by atoms with Crippen molar-refractivity contribution in [3.63, 3.8) is 0 Å². The van der Waals surface area contributed by atoms with Gasteiger partial charge in [0.05, 0.1) is 12.1 Å². The highest BCUT2D eigenvalue weighted by Crippen LogP contribution is 2.31. The molecule has 4 nitrogen and oxygen atoms in total. The first kappa shape index (κ1) is 15.4. The van der Waals surface area contributed by atoms with Crippen LogP contribution in [0.2, 0.25) is 0 Å². The fraction of sp³-hybridized carbons (Fsp3) is 0.929. The van der Waals surface area contributed by atoms with Gasteiger partial charge in [0, 0.05) is 12.5 Å². The zero-order valence-electron chi connectivity index (χ0n) is 12.0. The summed E-state index contributed by atoms with van der Waals surface area (Å²) in [6, 6.07) is 0.188. The first-order chi connectivity index (χ1) is 8.51. The van der Waals surface area contributed by atoms with E-state index in [-0.39, 0.29) is 24.1 Å². The molecule has 0 aromatic heterocycles. The number of hydrogen-bond donors (Lipinski definition) is 3. The van der Waals surface area contributed by atoms with E-state index in [1.54, 1.807) is 0 Å². The van der Waals surface area contributed by atoms with Gasteiger partial charge in [-0.15, -0.1) is 0 Å². The molecule has 0 aromatic rings. The smallest absolute Gasteiger partial charge is 0.222 e. The summed E-state index contributed by atoms with van der Waals surface area (Å²) in [5.41, 5.74) is -0.366. The molecular weight excluding hydrogens is 228 g/mol. The normalized spacial score (nSPS) is 29.9. The molecule has 0 radical (unpaired) electrons. The van der Waals surface area contributed by atoms with Crippen LogP contribution < -0.4 is 10.6 Å².